The second-order valence-corrected chi connectivity index (χ2v) is 3.82. The van der Waals surface area contributed by atoms with Crippen molar-refractivity contribution in [2.24, 2.45) is 5.73 Å². The van der Waals surface area contributed by atoms with Crippen LogP contribution in [0.15, 0.2) is 18.2 Å². The van der Waals surface area contributed by atoms with Gasteiger partial charge in [-0.2, -0.15) is 13.2 Å². The summed E-state index contributed by atoms with van der Waals surface area (Å²) in [4.78, 5) is 0. The highest BCUT2D eigenvalue weighted by Crippen LogP contribution is 2.34. The molecule has 0 aliphatic rings. The zero-order valence-corrected chi connectivity index (χ0v) is 9.05. The molecule has 1 aromatic carbocycles. The molecule has 16 heavy (non-hydrogen) atoms. The van der Waals surface area contributed by atoms with Crippen LogP contribution in [0.4, 0.5) is 13.2 Å². The first-order chi connectivity index (χ1) is 7.25. The van der Waals surface area contributed by atoms with Gasteiger partial charge < -0.3 is 10.8 Å². The largest absolute Gasteiger partial charge is 0.416 e. The summed E-state index contributed by atoms with van der Waals surface area (Å²) in [5.74, 6) is 0. The predicted molar refractivity (Wildman–Crippen MR) is 54.8 cm³/mol. The number of nitrogens with two attached hydrogens (primary N) is 1. The molecule has 0 fully saturated rings. The molecule has 5 heteroatoms. The Balaban J connectivity index is 3.24. The van der Waals surface area contributed by atoms with Crippen LogP contribution in [0.5, 0.6) is 0 Å². The molecule has 0 bridgehead atoms. The number of hydrogen-bond acceptors (Lipinski definition) is 2. The number of aliphatic hydroxyl groups is 1. The summed E-state index contributed by atoms with van der Waals surface area (Å²) in [5, 5.41) is 9.68. The number of hydrogen-bond donors (Lipinski definition) is 2. The fourth-order valence-corrected chi connectivity index (χ4v) is 1.56. The summed E-state index contributed by atoms with van der Waals surface area (Å²) in [7, 11) is 0. The number of benzene rings is 1. The maximum Gasteiger partial charge on any atom is 0.416 e. The highest BCUT2D eigenvalue weighted by atomic mass is 19.4. The molecular weight excluding hydrogens is 219 g/mol. The zero-order valence-electron chi connectivity index (χ0n) is 9.05. The SMILES string of the molecule is Cc1c([C@@H](O)[C@H](C)N)cccc1C(F)(F)F. The van der Waals surface area contributed by atoms with Crippen LogP contribution in [0.25, 0.3) is 0 Å². The molecule has 0 saturated heterocycles. The Kier molecular flexibility index (Phi) is 3.60. The molecule has 0 aromatic heterocycles. The lowest BCUT2D eigenvalue weighted by molar-refractivity contribution is -0.138. The molecule has 0 amide bonds. The van der Waals surface area contributed by atoms with Crippen molar-refractivity contribution in [2.45, 2.75) is 32.2 Å². The van der Waals surface area contributed by atoms with Crippen molar-refractivity contribution in [3.05, 3.63) is 34.9 Å². The molecule has 0 saturated carbocycles. The average molecular weight is 233 g/mol. The third kappa shape index (κ3) is 2.54. The minimum atomic E-state index is -4.41. The molecule has 3 N–H and O–H groups in total. The van der Waals surface area contributed by atoms with Crippen LogP contribution in [0.1, 0.15) is 29.7 Å². The lowest BCUT2D eigenvalue weighted by atomic mass is 9.95. The summed E-state index contributed by atoms with van der Waals surface area (Å²) in [6.07, 6.45) is -5.49. The third-order valence-electron chi connectivity index (χ3n) is 2.50. The van der Waals surface area contributed by atoms with Crippen LogP contribution < -0.4 is 5.73 Å². The van der Waals surface area contributed by atoms with Crippen LogP contribution >= 0.6 is 0 Å². The van der Waals surface area contributed by atoms with Gasteiger partial charge in [-0.3, -0.25) is 0 Å². The van der Waals surface area contributed by atoms with Crippen molar-refractivity contribution in [2.75, 3.05) is 0 Å². The molecule has 0 spiro atoms. The van der Waals surface area contributed by atoms with Gasteiger partial charge in [0.05, 0.1) is 11.7 Å². The number of aliphatic hydroxyl groups excluding tert-OH is 1. The van der Waals surface area contributed by atoms with E-state index in [1.165, 1.54) is 19.1 Å². The van der Waals surface area contributed by atoms with Crippen LogP contribution in [0.2, 0.25) is 0 Å². The molecule has 0 aliphatic heterocycles. The number of rotatable bonds is 2. The Morgan fingerprint density at radius 1 is 1.31 bits per heavy atom. The van der Waals surface area contributed by atoms with Crippen LogP contribution in [0.3, 0.4) is 0 Å². The van der Waals surface area contributed by atoms with E-state index in [0.29, 0.717) is 0 Å². The Labute approximate surface area is 91.9 Å². The summed E-state index contributed by atoms with van der Waals surface area (Å²) in [6.45, 7) is 2.88. The molecule has 2 nitrogen and oxygen atoms in total. The van der Waals surface area contributed by atoms with Crippen LogP contribution in [0, 0.1) is 6.92 Å². The first kappa shape index (κ1) is 13.0. The number of halogens is 3. The third-order valence-corrected chi connectivity index (χ3v) is 2.50. The second kappa shape index (κ2) is 4.43. The normalized spacial score (nSPS) is 15.9. The highest BCUT2D eigenvalue weighted by Gasteiger charge is 2.33. The van der Waals surface area contributed by atoms with E-state index in [2.05, 4.69) is 0 Å². The molecule has 90 valence electrons. The van der Waals surface area contributed by atoms with E-state index < -0.39 is 23.9 Å². The first-order valence-electron chi connectivity index (χ1n) is 4.85. The van der Waals surface area contributed by atoms with Crippen molar-refractivity contribution in [3.63, 3.8) is 0 Å². The predicted octanol–water partition coefficient (Wildman–Crippen LogP) is 2.39. The fraction of sp³-hybridized carbons (Fsp3) is 0.455. The Morgan fingerprint density at radius 3 is 2.31 bits per heavy atom. The highest BCUT2D eigenvalue weighted by molar-refractivity contribution is 5.37. The summed E-state index contributed by atoms with van der Waals surface area (Å²) < 4.78 is 37.7. The Bertz CT molecular complexity index is 374. The van der Waals surface area contributed by atoms with E-state index in [9.17, 15) is 18.3 Å². The van der Waals surface area contributed by atoms with E-state index in [-0.39, 0.29) is 11.1 Å². The molecule has 0 heterocycles. The molecule has 0 aliphatic carbocycles. The van der Waals surface area contributed by atoms with Crippen LogP contribution in [-0.4, -0.2) is 11.1 Å². The second-order valence-electron chi connectivity index (χ2n) is 3.82. The van der Waals surface area contributed by atoms with E-state index in [0.717, 1.165) is 6.07 Å². The Hall–Kier alpha value is -1.07. The average Bonchev–Trinajstić information content (AvgIpc) is 2.15. The Morgan fingerprint density at radius 2 is 1.88 bits per heavy atom. The first-order valence-corrected chi connectivity index (χ1v) is 4.85. The monoisotopic (exact) mass is 233 g/mol. The van der Waals surface area contributed by atoms with E-state index >= 15 is 0 Å². The molecule has 1 aromatic rings. The molecular formula is C11H14F3NO. The lowest BCUT2D eigenvalue weighted by Gasteiger charge is -2.20. The van der Waals surface area contributed by atoms with Gasteiger partial charge in [-0.1, -0.05) is 12.1 Å². The topological polar surface area (TPSA) is 46.2 Å². The van der Waals surface area contributed by atoms with E-state index in [4.69, 9.17) is 5.73 Å². The lowest BCUT2D eigenvalue weighted by Crippen LogP contribution is -2.25. The smallest absolute Gasteiger partial charge is 0.387 e. The van der Waals surface area contributed by atoms with Crippen molar-refractivity contribution in [3.8, 4) is 0 Å². The van der Waals surface area contributed by atoms with Gasteiger partial charge >= 0.3 is 6.18 Å². The summed E-state index contributed by atoms with van der Waals surface area (Å²) in [5.41, 5.74) is 4.99. The minimum Gasteiger partial charge on any atom is -0.387 e. The maximum absolute atomic E-state index is 12.6. The standard InChI is InChI=1S/C11H14F3NO/c1-6-8(10(16)7(2)15)4-3-5-9(6)11(12,13)14/h3-5,7,10,16H,15H2,1-2H3/t7-,10-/m0/s1. The molecule has 0 unspecified atom stereocenters. The quantitative estimate of drug-likeness (QED) is 0.823. The van der Waals surface area contributed by atoms with Gasteiger partial charge in [0, 0.05) is 6.04 Å². The van der Waals surface area contributed by atoms with Gasteiger partial charge in [-0.05, 0) is 31.0 Å². The molecule has 1 rings (SSSR count). The van der Waals surface area contributed by atoms with Gasteiger partial charge in [0.1, 0.15) is 0 Å². The van der Waals surface area contributed by atoms with Gasteiger partial charge in [0.15, 0.2) is 0 Å². The van der Waals surface area contributed by atoms with Crippen molar-refractivity contribution in [1.82, 2.24) is 0 Å². The van der Waals surface area contributed by atoms with Gasteiger partial charge in [-0.25, -0.2) is 0 Å². The maximum atomic E-state index is 12.6. The minimum absolute atomic E-state index is 0.0276. The number of alkyl halides is 3. The summed E-state index contributed by atoms with van der Waals surface area (Å²) in [6, 6.07) is 3.12. The van der Waals surface area contributed by atoms with E-state index in [1.807, 2.05) is 0 Å². The molecule has 0 radical (unpaired) electrons. The van der Waals surface area contributed by atoms with Crippen molar-refractivity contribution < 1.29 is 18.3 Å². The molecule has 2 atom stereocenters. The van der Waals surface area contributed by atoms with E-state index in [1.54, 1.807) is 6.92 Å². The van der Waals surface area contributed by atoms with Crippen LogP contribution in [-0.2, 0) is 6.18 Å². The van der Waals surface area contributed by atoms with Crippen molar-refractivity contribution >= 4 is 0 Å². The zero-order chi connectivity index (χ0) is 12.5. The van der Waals surface area contributed by atoms with Crippen molar-refractivity contribution in [1.29, 1.82) is 0 Å². The fourth-order valence-electron chi connectivity index (χ4n) is 1.56. The van der Waals surface area contributed by atoms with Gasteiger partial charge in [0.2, 0.25) is 0 Å². The van der Waals surface area contributed by atoms with Gasteiger partial charge in [0.25, 0.3) is 0 Å². The van der Waals surface area contributed by atoms with Gasteiger partial charge in [-0.15, -0.1) is 0 Å². The summed E-state index contributed by atoms with van der Waals surface area (Å²) >= 11 is 0.